The summed E-state index contributed by atoms with van der Waals surface area (Å²) in [6.07, 6.45) is 14.6. The molecule has 0 amide bonds. The molecule has 1 aliphatic carbocycles. The molecule has 10 heteroatoms. The van der Waals surface area contributed by atoms with E-state index in [1.807, 2.05) is 4.90 Å². The van der Waals surface area contributed by atoms with Crippen LogP contribution in [0.2, 0.25) is 0 Å². The second-order valence-corrected chi connectivity index (χ2v) is 8.20. The summed E-state index contributed by atoms with van der Waals surface area (Å²) < 4.78 is 49.2. The summed E-state index contributed by atoms with van der Waals surface area (Å²) in [4.78, 5) is 16.2. The molecule has 1 saturated carbocycles. The first-order valence-corrected chi connectivity index (χ1v) is 12.5. The van der Waals surface area contributed by atoms with E-state index in [2.05, 4.69) is 43.6 Å². The van der Waals surface area contributed by atoms with E-state index < -0.39 is 23.5 Å². The molecular weight excluding hydrogens is 483 g/mol. The van der Waals surface area contributed by atoms with Gasteiger partial charge in [-0.05, 0) is 33.1 Å². The Hall–Kier alpha value is -3.53. The smallest absolute Gasteiger partial charge is 0.257 e. The average molecular weight is 518 g/mol. The zero-order valence-corrected chi connectivity index (χ0v) is 21.5. The molecule has 0 radical (unpaired) electrons. The average Bonchev–Trinajstić information content (AvgIpc) is 2.94. The zero-order chi connectivity index (χ0) is 26.7. The minimum absolute atomic E-state index is 0.0201. The van der Waals surface area contributed by atoms with Crippen molar-refractivity contribution in [2.24, 2.45) is 0 Å². The Kier molecular flexibility index (Phi) is 14.3. The van der Waals surface area contributed by atoms with E-state index in [0.717, 1.165) is 32.3 Å². The molecule has 0 unspecified atom stereocenters. The molecule has 0 spiro atoms. The molecule has 0 aromatic carbocycles. The number of nitrogens with zero attached hydrogens (tertiary/aromatic N) is 5. The summed E-state index contributed by atoms with van der Waals surface area (Å²) >= 11 is 0. The van der Waals surface area contributed by atoms with Crippen molar-refractivity contribution in [2.75, 3.05) is 31.2 Å². The van der Waals surface area contributed by atoms with Gasteiger partial charge in [-0.25, -0.2) is 9.97 Å². The van der Waals surface area contributed by atoms with Gasteiger partial charge in [0.1, 0.15) is 12.7 Å². The van der Waals surface area contributed by atoms with Crippen molar-refractivity contribution in [3.8, 4) is 35.4 Å². The molecule has 1 aliphatic heterocycles. The highest BCUT2D eigenvalue weighted by Crippen LogP contribution is 2.25. The van der Waals surface area contributed by atoms with Crippen molar-refractivity contribution in [3.63, 3.8) is 0 Å². The fourth-order valence-electron chi connectivity index (χ4n) is 3.62. The van der Waals surface area contributed by atoms with Gasteiger partial charge in [-0.2, -0.15) is 23.1 Å². The lowest BCUT2D eigenvalue weighted by atomic mass is 10.0. The van der Waals surface area contributed by atoms with E-state index in [1.165, 1.54) is 51.3 Å². The molecule has 4 rings (SSSR count). The van der Waals surface area contributed by atoms with Crippen LogP contribution >= 0.6 is 0 Å². The van der Waals surface area contributed by atoms with Crippen LogP contribution in [0.3, 0.4) is 0 Å². The topological polar surface area (TPSA) is 73.3 Å². The van der Waals surface area contributed by atoms with Crippen LogP contribution in [0.4, 0.5) is 19.0 Å². The van der Waals surface area contributed by atoms with Gasteiger partial charge < -0.3 is 14.4 Å². The number of ether oxygens (including phenoxy) is 2. The lowest BCUT2D eigenvalue weighted by molar-refractivity contribution is 0.317. The monoisotopic (exact) mass is 517 g/mol. The molecule has 0 bridgehead atoms. The van der Waals surface area contributed by atoms with E-state index in [-0.39, 0.29) is 19.1 Å². The maximum atomic E-state index is 14.1. The van der Waals surface area contributed by atoms with E-state index in [9.17, 15) is 13.2 Å². The van der Waals surface area contributed by atoms with E-state index in [1.54, 1.807) is 13.8 Å². The molecule has 200 valence electrons. The van der Waals surface area contributed by atoms with Crippen LogP contribution in [0.5, 0.6) is 11.8 Å². The summed E-state index contributed by atoms with van der Waals surface area (Å²) in [5.74, 6) is 7.44. The first kappa shape index (κ1) is 29.7. The Morgan fingerprint density at radius 2 is 1.14 bits per heavy atom. The normalized spacial score (nSPS) is 14.2. The number of piperidine rings is 1. The lowest BCUT2D eigenvalue weighted by Gasteiger charge is -2.27. The van der Waals surface area contributed by atoms with Gasteiger partial charge in [-0.1, -0.05) is 50.4 Å². The highest BCUT2D eigenvalue weighted by molar-refractivity contribution is 5.43. The Morgan fingerprint density at radius 3 is 1.65 bits per heavy atom. The molecule has 2 fully saturated rings. The van der Waals surface area contributed by atoms with E-state index >= 15 is 0 Å². The second-order valence-electron chi connectivity index (χ2n) is 8.20. The molecule has 2 aliphatic rings. The summed E-state index contributed by atoms with van der Waals surface area (Å²) in [5, 5.41) is 0. The van der Waals surface area contributed by atoms with Crippen LogP contribution in [0, 0.1) is 41.3 Å². The fraction of sp³-hybridized carbons (Fsp3) is 0.556. The predicted molar refractivity (Wildman–Crippen MR) is 136 cm³/mol. The Balaban J connectivity index is 0.000000220. The Morgan fingerprint density at radius 1 is 0.676 bits per heavy atom. The number of hydrogen-bond acceptors (Lipinski definition) is 7. The summed E-state index contributed by atoms with van der Waals surface area (Å²) in [7, 11) is 0. The highest BCUT2D eigenvalue weighted by atomic mass is 19.2. The summed E-state index contributed by atoms with van der Waals surface area (Å²) in [5.41, 5.74) is 0. The quantitative estimate of drug-likeness (QED) is 0.383. The second kappa shape index (κ2) is 17.8. The minimum Gasteiger partial charge on any atom is -0.462 e. The number of anilines is 1. The number of aromatic nitrogens is 4. The molecule has 2 aromatic rings. The van der Waals surface area contributed by atoms with Crippen molar-refractivity contribution in [3.05, 3.63) is 30.2 Å². The highest BCUT2D eigenvalue weighted by Gasteiger charge is 2.20. The molecular formula is C27H34F3N5O2. The Labute approximate surface area is 217 Å². The van der Waals surface area contributed by atoms with Gasteiger partial charge in [0.15, 0.2) is 19.0 Å². The van der Waals surface area contributed by atoms with Crippen molar-refractivity contribution in [1.29, 1.82) is 0 Å². The van der Waals surface area contributed by atoms with Gasteiger partial charge in [0.25, 0.3) is 17.7 Å². The van der Waals surface area contributed by atoms with Crippen LogP contribution in [-0.2, 0) is 0 Å². The molecule has 3 heterocycles. The summed E-state index contributed by atoms with van der Waals surface area (Å²) in [6, 6.07) is 0. The molecule has 0 atom stereocenters. The molecule has 7 nitrogen and oxygen atoms in total. The third-order valence-corrected chi connectivity index (χ3v) is 5.53. The van der Waals surface area contributed by atoms with Gasteiger partial charge in [-0.3, -0.25) is 0 Å². The van der Waals surface area contributed by atoms with Crippen LogP contribution in [0.15, 0.2) is 12.7 Å². The predicted octanol–water partition coefficient (Wildman–Crippen LogP) is 5.51. The van der Waals surface area contributed by atoms with Crippen LogP contribution in [0.1, 0.15) is 71.6 Å². The first-order chi connectivity index (χ1) is 18.1. The first-order valence-electron chi connectivity index (χ1n) is 12.5. The van der Waals surface area contributed by atoms with Gasteiger partial charge in [0, 0.05) is 13.1 Å². The van der Waals surface area contributed by atoms with Gasteiger partial charge >= 0.3 is 0 Å². The molecule has 0 N–H and O–H groups in total. The lowest BCUT2D eigenvalue weighted by Crippen LogP contribution is -2.31. The van der Waals surface area contributed by atoms with Crippen molar-refractivity contribution >= 4 is 5.82 Å². The van der Waals surface area contributed by atoms with Crippen LogP contribution < -0.4 is 14.4 Å². The van der Waals surface area contributed by atoms with Crippen LogP contribution in [-0.4, -0.2) is 46.2 Å². The zero-order valence-electron chi connectivity index (χ0n) is 21.5. The maximum Gasteiger partial charge on any atom is 0.257 e. The third kappa shape index (κ3) is 10.9. The largest absolute Gasteiger partial charge is 0.462 e. The van der Waals surface area contributed by atoms with Gasteiger partial charge in [-0.15, -0.1) is 11.8 Å². The van der Waals surface area contributed by atoms with E-state index in [4.69, 9.17) is 9.47 Å². The maximum absolute atomic E-state index is 14.1. The van der Waals surface area contributed by atoms with E-state index in [0.29, 0.717) is 5.82 Å². The van der Waals surface area contributed by atoms with Crippen molar-refractivity contribution in [2.45, 2.75) is 71.6 Å². The SMILES string of the molecule is C1CCCCC1.CC#CCOc1ncnc(F)c1F.CC#CCOc1ncnc(N2CCCCC2)c1F. The fourth-order valence-corrected chi connectivity index (χ4v) is 3.62. The number of rotatable bonds is 5. The summed E-state index contributed by atoms with van der Waals surface area (Å²) in [6.45, 7) is 5.11. The standard InChI is InChI=1S/C13H16FN3O.C8H6F2N2O.C6H12/c1-2-3-9-18-13-11(14)12(15-10-16-13)17-7-5-4-6-8-17;1-2-3-4-13-8-6(9)7(10)11-5-12-8;1-2-4-6-5-3-1/h10H,4-9H2,1H3;5H,4H2,1H3;1-6H2. The number of halogens is 3. The van der Waals surface area contributed by atoms with Crippen molar-refractivity contribution < 1.29 is 22.6 Å². The van der Waals surface area contributed by atoms with Gasteiger partial charge in [0.2, 0.25) is 11.6 Å². The Bertz CT molecular complexity index is 1060. The molecule has 1 saturated heterocycles. The third-order valence-electron chi connectivity index (χ3n) is 5.53. The van der Waals surface area contributed by atoms with Crippen LogP contribution in [0.25, 0.3) is 0 Å². The van der Waals surface area contributed by atoms with Gasteiger partial charge in [0.05, 0.1) is 0 Å². The van der Waals surface area contributed by atoms with Crippen molar-refractivity contribution in [1.82, 2.24) is 19.9 Å². The molecule has 2 aromatic heterocycles. The molecule has 37 heavy (non-hydrogen) atoms. The minimum atomic E-state index is -1.23. The number of hydrogen-bond donors (Lipinski definition) is 0.